The maximum Gasteiger partial charge on any atom is 0.223 e. The molecule has 1 aromatic rings. The zero-order chi connectivity index (χ0) is 11.5. The molecule has 4 heteroatoms. The Balaban J connectivity index is 2.11. The molecule has 1 saturated heterocycles. The van der Waals surface area contributed by atoms with E-state index in [1.54, 1.807) is 6.20 Å². The van der Waals surface area contributed by atoms with Gasteiger partial charge in [0.15, 0.2) is 0 Å². The minimum absolute atomic E-state index is 0.0951. The number of carbonyl (C=O) groups is 1. The van der Waals surface area contributed by atoms with E-state index in [4.69, 9.17) is 5.73 Å². The molecule has 0 saturated carbocycles. The molecule has 0 spiro atoms. The van der Waals surface area contributed by atoms with Crippen molar-refractivity contribution in [1.29, 1.82) is 0 Å². The van der Waals surface area contributed by atoms with Gasteiger partial charge < -0.3 is 10.6 Å². The van der Waals surface area contributed by atoms with E-state index < -0.39 is 0 Å². The number of pyridine rings is 1. The van der Waals surface area contributed by atoms with E-state index >= 15 is 0 Å². The number of amides is 1. The number of hydrogen-bond donors (Lipinski definition) is 1. The summed E-state index contributed by atoms with van der Waals surface area (Å²) in [5, 5.41) is 0. The molecule has 2 rings (SSSR count). The molecule has 1 aromatic heterocycles. The number of nitrogens with zero attached hydrogens (tertiary/aromatic N) is 2. The topological polar surface area (TPSA) is 59.2 Å². The second-order valence-electron chi connectivity index (χ2n) is 4.31. The molecule has 0 aliphatic carbocycles. The van der Waals surface area contributed by atoms with Gasteiger partial charge in [0, 0.05) is 25.4 Å². The largest absolute Gasteiger partial charge is 0.336 e. The van der Waals surface area contributed by atoms with Crippen LogP contribution in [0, 0.1) is 5.92 Å². The van der Waals surface area contributed by atoms with Gasteiger partial charge in [-0.15, -0.1) is 0 Å². The molecule has 1 aliphatic heterocycles. The van der Waals surface area contributed by atoms with Crippen LogP contribution in [0.15, 0.2) is 24.5 Å². The number of nitrogens with two attached hydrogens (primary N) is 1. The summed E-state index contributed by atoms with van der Waals surface area (Å²) in [4.78, 5) is 17.8. The Labute approximate surface area is 95.5 Å². The lowest BCUT2D eigenvalue weighted by molar-refractivity contribution is -0.129. The SMILES string of the molecule is CC(c1cccnc1)N1CC(CN)CC1=O. The van der Waals surface area contributed by atoms with Crippen molar-refractivity contribution in [3.05, 3.63) is 30.1 Å². The first-order valence-corrected chi connectivity index (χ1v) is 5.62. The minimum atomic E-state index is 0.0951. The van der Waals surface area contributed by atoms with Gasteiger partial charge in [-0.05, 0) is 31.0 Å². The zero-order valence-corrected chi connectivity index (χ0v) is 9.47. The fourth-order valence-corrected chi connectivity index (χ4v) is 2.14. The second kappa shape index (κ2) is 4.61. The predicted octanol–water partition coefficient (Wildman–Crippen LogP) is 0.950. The molecule has 2 N–H and O–H groups in total. The van der Waals surface area contributed by atoms with Crippen molar-refractivity contribution >= 4 is 5.91 Å². The Kier molecular flexibility index (Phi) is 3.19. The Morgan fingerprint density at radius 3 is 3.06 bits per heavy atom. The average Bonchev–Trinajstić information content (AvgIpc) is 2.71. The van der Waals surface area contributed by atoms with Crippen molar-refractivity contribution in [3.63, 3.8) is 0 Å². The molecule has 1 fully saturated rings. The van der Waals surface area contributed by atoms with E-state index in [9.17, 15) is 4.79 Å². The number of aromatic nitrogens is 1. The summed E-state index contributed by atoms with van der Waals surface area (Å²) < 4.78 is 0. The van der Waals surface area contributed by atoms with E-state index in [0.29, 0.717) is 18.9 Å². The monoisotopic (exact) mass is 219 g/mol. The van der Waals surface area contributed by atoms with Gasteiger partial charge in [0.2, 0.25) is 5.91 Å². The van der Waals surface area contributed by atoms with Crippen LogP contribution >= 0.6 is 0 Å². The van der Waals surface area contributed by atoms with E-state index in [2.05, 4.69) is 4.98 Å². The normalized spacial score (nSPS) is 22.5. The first-order chi connectivity index (χ1) is 7.72. The van der Waals surface area contributed by atoms with E-state index in [0.717, 1.165) is 12.1 Å². The fourth-order valence-electron chi connectivity index (χ4n) is 2.14. The van der Waals surface area contributed by atoms with Gasteiger partial charge in [-0.1, -0.05) is 6.07 Å². The third kappa shape index (κ3) is 2.07. The molecule has 86 valence electrons. The Hall–Kier alpha value is -1.42. The quantitative estimate of drug-likeness (QED) is 0.823. The lowest BCUT2D eigenvalue weighted by atomic mass is 10.1. The van der Waals surface area contributed by atoms with Gasteiger partial charge in [-0.2, -0.15) is 0 Å². The first-order valence-electron chi connectivity index (χ1n) is 5.62. The Morgan fingerprint density at radius 1 is 1.69 bits per heavy atom. The molecule has 0 bridgehead atoms. The Morgan fingerprint density at radius 2 is 2.50 bits per heavy atom. The third-order valence-electron chi connectivity index (χ3n) is 3.21. The third-order valence-corrected chi connectivity index (χ3v) is 3.21. The van der Waals surface area contributed by atoms with Gasteiger partial charge >= 0.3 is 0 Å². The molecule has 0 radical (unpaired) electrons. The number of likely N-dealkylation sites (tertiary alicyclic amines) is 1. The highest BCUT2D eigenvalue weighted by molar-refractivity contribution is 5.79. The molecule has 1 aliphatic rings. The highest BCUT2D eigenvalue weighted by atomic mass is 16.2. The number of hydrogen-bond acceptors (Lipinski definition) is 3. The van der Waals surface area contributed by atoms with E-state index in [1.807, 2.05) is 30.2 Å². The lowest BCUT2D eigenvalue weighted by Gasteiger charge is -2.24. The summed E-state index contributed by atoms with van der Waals surface area (Å²) >= 11 is 0. The van der Waals surface area contributed by atoms with Crippen LogP contribution in [0.5, 0.6) is 0 Å². The zero-order valence-electron chi connectivity index (χ0n) is 9.47. The lowest BCUT2D eigenvalue weighted by Crippen LogP contribution is -2.29. The van der Waals surface area contributed by atoms with Gasteiger partial charge in [0.05, 0.1) is 6.04 Å². The molecular weight excluding hydrogens is 202 g/mol. The van der Waals surface area contributed by atoms with Crippen LogP contribution in [-0.4, -0.2) is 28.9 Å². The summed E-state index contributed by atoms with van der Waals surface area (Å²) in [6.45, 7) is 3.39. The van der Waals surface area contributed by atoms with Gasteiger partial charge in [0.25, 0.3) is 0 Å². The number of carbonyl (C=O) groups excluding carboxylic acids is 1. The van der Waals surface area contributed by atoms with Crippen molar-refractivity contribution in [2.75, 3.05) is 13.1 Å². The molecule has 0 aromatic carbocycles. The molecule has 2 unspecified atom stereocenters. The van der Waals surface area contributed by atoms with Crippen LogP contribution in [0.4, 0.5) is 0 Å². The molecule has 2 atom stereocenters. The van der Waals surface area contributed by atoms with Crippen molar-refractivity contribution in [3.8, 4) is 0 Å². The molecular formula is C12H17N3O. The van der Waals surface area contributed by atoms with Gasteiger partial charge in [0.1, 0.15) is 0 Å². The van der Waals surface area contributed by atoms with Crippen LogP contribution in [-0.2, 0) is 4.79 Å². The summed E-state index contributed by atoms with van der Waals surface area (Å²) in [5.41, 5.74) is 6.68. The smallest absolute Gasteiger partial charge is 0.223 e. The van der Waals surface area contributed by atoms with Crippen LogP contribution < -0.4 is 5.73 Å². The van der Waals surface area contributed by atoms with E-state index in [1.165, 1.54) is 0 Å². The summed E-state index contributed by atoms with van der Waals surface area (Å²) in [6, 6.07) is 3.99. The molecule has 2 heterocycles. The average molecular weight is 219 g/mol. The van der Waals surface area contributed by atoms with Crippen LogP contribution in [0.1, 0.15) is 24.9 Å². The van der Waals surface area contributed by atoms with Crippen molar-refractivity contribution in [1.82, 2.24) is 9.88 Å². The van der Waals surface area contributed by atoms with Crippen molar-refractivity contribution in [2.45, 2.75) is 19.4 Å². The maximum atomic E-state index is 11.8. The predicted molar refractivity (Wildman–Crippen MR) is 61.5 cm³/mol. The summed E-state index contributed by atoms with van der Waals surface area (Å²) in [5.74, 6) is 0.512. The van der Waals surface area contributed by atoms with Gasteiger partial charge in [-0.25, -0.2) is 0 Å². The van der Waals surface area contributed by atoms with Crippen molar-refractivity contribution < 1.29 is 4.79 Å². The highest BCUT2D eigenvalue weighted by Gasteiger charge is 2.32. The highest BCUT2D eigenvalue weighted by Crippen LogP contribution is 2.27. The van der Waals surface area contributed by atoms with Gasteiger partial charge in [-0.3, -0.25) is 9.78 Å². The van der Waals surface area contributed by atoms with Crippen LogP contribution in [0.2, 0.25) is 0 Å². The Bertz CT molecular complexity index is 366. The first kappa shape index (κ1) is 11.1. The summed E-state index contributed by atoms with van der Waals surface area (Å²) in [6.07, 6.45) is 4.14. The van der Waals surface area contributed by atoms with Crippen LogP contribution in [0.25, 0.3) is 0 Å². The van der Waals surface area contributed by atoms with E-state index in [-0.39, 0.29) is 11.9 Å². The fraction of sp³-hybridized carbons (Fsp3) is 0.500. The molecule has 4 nitrogen and oxygen atoms in total. The summed E-state index contributed by atoms with van der Waals surface area (Å²) in [7, 11) is 0. The number of rotatable bonds is 3. The maximum absolute atomic E-state index is 11.8. The standard InChI is InChI=1S/C12H17N3O/c1-9(11-3-2-4-14-7-11)15-8-10(6-13)5-12(15)16/h2-4,7,9-10H,5-6,8,13H2,1H3. The van der Waals surface area contributed by atoms with Crippen LogP contribution in [0.3, 0.4) is 0 Å². The van der Waals surface area contributed by atoms with Crippen molar-refractivity contribution in [2.24, 2.45) is 11.7 Å². The molecule has 16 heavy (non-hydrogen) atoms. The molecule has 1 amide bonds. The second-order valence-corrected chi connectivity index (χ2v) is 4.31. The minimum Gasteiger partial charge on any atom is -0.336 e.